The highest BCUT2D eigenvalue weighted by atomic mass is 35.5. The first-order valence-corrected chi connectivity index (χ1v) is 10.2. The second-order valence-electron chi connectivity index (χ2n) is 6.33. The molecular weight excluding hydrogens is 397 g/mol. The molecule has 0 saturated heterocycles. The monoisotopic (exact) mass is 413 g/mol. The molecule has 3 aromatic rings. The lowest BCUT2D eigenvalue weighted by Gasteiger charge is -2.37. The van der Waals surface area contributed by atoms with Gasteiger partial charge < -0.3 is 4.74 Å². The molecule has 1 heterocycles. The maximum atomic E-state index is 13.3. The Balaban J connectivity index is 1.61. The summed E-state index contributed by atoms with van der Waals surface area (Å²) in [6.45, 7) is -0.162. The van der Waals surface area contributed by atoms with Crippen LogP contribution in [0.5, 0.6) is 5.75 Å². The van der Waals surface area contributed by atoms with Gasteiger partial charge in [-0.1, -0.05) is 54.1 Å². The molecule has 1 amide bonds. The van der Waals surface area contributed by atoms with Crippen LogP contribution < -0.4 is 9.64 Å². The largest absolute Gasteiger partial charge is 0.484 e. The SMILES string of the molecule is O=C(COc1ccc(F)c(Cl)c1)N1c2ccccc2SC[C@@H]1c1ccccc1. The standard InChI is InChI=1S/C22H17ClFNO2S/c23-17-12-16(10-11-18(17)24)27-13-22(26)25-19-8-4-5-9-21(19)28-14-20(25)15-6-2-1-3-7-15/h1-12,20H,13-14H2/t20-/m1/s1. The summed E-state index contributed by atoms with van der Waals surface area (Å²) >= 11 is 7.53. The molecule has 3 nitrogen and oxygen atoms in total. The quantitative estimate of drug-likeness (QED) is 0.546. The molecule has 0 aromatic heterocycles. The van der Waals surface area contributed by atoms with Gasteiger partial charge in [0.1, 0.15) is 11.6 Å². The lowest BCUT2D eigenvalue weighted by molar-refractivity contribution is -0.121. The smallest absolute Gasteiger partial charge is 0.265 e. The number of ether oxygens (including phenoxy) is 1. The van der Waals surface area contributed by atoms with Crippen LogP contribution in [0.3, 0.4) is 0 Å². The maximum absolute atomic E-state index is 13.3. The van der Waals surface area contributed by atoms with E-state index in [-0.39, 0.29) is 23.6 Å². The summed E-state index contributed by atoms with van der Waals surface area (Å²) in [6, 6.07) is 21.8. The highest BCUT2D eigenvalue weighted by Gasteiger charge is 2.32. The number of carbonyl (C=O) groups excluding carboxylic acids is 1. The molecule has 0 N–H and O–H groups in total. The molecule has 0 radical (unpaired) electrons. The number of fused-ring (bicyclic) bond motifs is 1. The number of anilines is 1. The van der Waals surface area contributed by atoms with Gasteiger partial charge in [-0.05, 0) is 29.8 Å². The van der Waals surface area contributed by atoms with Gasteiger partial charge in [0.25, 0.3) is 5.91 Å². The first kappa shape index (κ1) is 18.8. The lowest BCUT2D eigenvalue weighted by Crippen LogP contribution is -2.41. The van der Waals surface area contributed by atoms with Gasteiger partial charge in [-0.15, -0.1) is 11.8 Å². The number of amides is 1. The first-order chi connectivity index (χ1) is 13.6. The highest BCUT2D eigenvalue weighted by Crippen LogP contribution is 2.43. The van der Waals surface area contributed by atoms with Crippen LogP contribution in [-0.4, -0.2) is 18.3 Å². The van der Waals surface area contributed by atoms with Crippen LogP contribution >= 0.6 is 23.4 Å². The van der Waals surface area contributed by atoms with Crippen molar-refractivity contribution in [2.75, 3.05) is 17.3 Å². The van der Waals surface area contributed by atoms with Crippen LogP contribution in [0.15, 0.2) is 77.7 Å². The summed E-state index contributed by atoms with van der Waals surface area (Å²) in [5.41, 5.74) is 1.95. The van der Waals surface area contributed by atoms with E-state index in [1.54, 1.807) is 16.7 Å². The van der Waals surface area contributed by atoms with Crippen molar-refractivity contribution in [1.82, 2.24) is 0 Å². The molecule has 4 rings (SSSR count). The van der Waals surface area contributed by atoms with Crippen LogP contribution in [-0.2, 0) is 4.79 Å². The Morgan fingerprint density at radius 3 is 2.64 bits per heavy atom. The van der Waals surface area contributed by atoms with Gasteiger partial charge in [-0.3, -0.25) is 9.69 Å². The molecule has 1 aliphatic rings. The fraction of sp³-hybridized carbons (Fsp3) is 0.136. The fourth-order valence-electron chi connectivity index (χ4n) is 3.20. The zero-order valence-electron chi connectivity index (χ0n) is 14.8. The van der Waals surface area contributed by atoms with Crippen molar-refractivity contribution >= 4 is 35.0 Å². The van der Waals surface area contributed by atoms with Gasteiger partial charge in [0, 0.05) is 16.7 Å². The number of carbonyl (C=O) groups is 1. The highest BCUT2D eigenvalue weighted by molar-refractivity contribution is 7.99. The minimum atomic E-state index is -0.522. The van der Waals surface area contributed by atoms with E-state index in [1.165, 1.54) is 18.2 Å². The van der Waals surface area contributed by atoms with E-state index in [0.29, 0.717) is 5.75 Å². The molecule has 1 aliphatic heterocycles. The topological polar surface area (TPSA) is 29.5 Å². The van der Waals surface area contributed by atoms with Crippen molar-refractivity contribution in [1.29, 1.82) is 0 Å². The van der Waals surface area contributed by atoms with Crippen LogP contribution in [0.25, 0.3) is 0 Å². The number of nitrogens with zero attached hydrogens (tertiary/aromatic N) is 1. The van der Waals surface area contributed by atoms with Crippen molar-refractivity contribution in [3.8, 4) is 5.75 Å². The summed E-state index contributed by atoms with van der Waals surface area (Å²) in [4.78, 5) is 16.0. The van der Waals surface area contributed by atoms with Crippen molar-refractivity contribution < 1.29 is 13.9 Å². The number of rotatable bonds is 4. The molecular formula is C22H17ClFNO2S. The van der Waals surface area contributed by atoms with E-state index in [2.05, 4.69) is 0 Å². The number of thioether (sulfide) groups is 1. The minimum absolute atomic E-state index is 0.0353. The van der Waals surface area contributed by atoms with Gasteiger partial charge in [-0.25, -0.2) is 4.39 Å². The van der Waals surface area contributed by atoms with E-state index >= 15 is 0 Å². The molecule has 0 bridgehead atoms. The third kappa shape index (κ3) is 3.86. The van der Waals surface area contributed by atoms with Crippen molar-refractivity contribution in [3.63, 3.8) is 0 Å². The normalized spacial score (nSPS) is 15.8. The van der Waals surface area contributed by atoms with Gasteiger partial charge in [0.05, 0.1) is 16.8 Å². The third-order valence-electron chi connectivity index (χ3n) is 4.54. The maximum Gasteiger partial charge on any atom is 0.265 e. The van der Waals surface area contributed by atoms with E-state index < -0.39 is 5.82 Å². The number of para-hydroxylation sites is 1. The number of benzene rings is 3. The Bertz CT molecular complexity index is 999. The molecule has 0 fully saturated rings. The molecule has 3 aromatic carbocycles. The predicted octanol–water partition coefficient (Wildman–Crippen LogP) is 5.74. The molecule has 0 aliphatic carbocycles. The number of hydrogen-bond acceptors (Lipinski definition) is 3. The third-order valence-corrected chi connectivity index (χ3v) is 5.97. The average molecular weight is 414 g/mol. The van der Waals surface area contributed by atoms with E-state index in [1.807, 2.05) is 54.6 Å². The minimum Gasteiger partial charge on any atom is -0.484 e. The van der Waals surface area contributed by atoms with Gasteiger partial charge >= 0.3 is 0 Å². The van der Waals surface area contributed by atoms with Crippen LogP contribution in [0, 0.1) is 5.82 Å². The van der Waals surface area contributed by atoms with E-state index in [4.69, 9.17) is 16.3 Å². The molecule has 28 heavy (non-hydrogen) atoms. The van der Waals surface area contributed by atoms with Crippen LogP contribution in [0.1, 0.15) is 11.6 Å². The van der Waals surface area contributed by atoms with E-state index in [0.717, 1.165) is 21.9 Å². The molecule has 1 atom stereocenters. The predicted molar refractivity (Wildman–Crippen MR) is 111 cm³/mol. The summed E-state index contributed by atoms with van der Waals surface area (Å²) in [6.07, 6.45) is 0. The van der Waals surface area contributed by atoms with E-state index in [9.17, 15) is 9.18 Å². The number of halogens is 2. The van der Waals surface area contributed by atoms with Gasteiger partial charge in [0.15, 0.2) is 6.61 Å². The van der Waals surface area contributed by atoms with Gasteiger partial charge in [0.2, 0.25) is 0 Å². The second-order valence-corrected chi connectivity index (χ2v) is 7.80. The Morgan fingerprint density at radius 2 is 1.86 bits per heavy atom. The Morgan fingerprint density at radius 1 is 1.11 bits per heavy atom. The summed E-state index contributed by atoms with van der Waals surface area (Å²) in [5.74, 6) is 0.430. The summed E-state index contributed by atoms with van der Waals surface area (Å²) in [7, 11) is 0. The molecule has 142 valence electrons. The van der Waals surface area contributed by atoms with Crippen LogP contribution in [0.2, 0.25) is 5.02 Å². The number of hydrogen-bond donors (Lipinski definition) is 0. The summed E-state index contributed by atoms with van der Waals surface area (Å²) in [5, 5.41) is -0.0353. The second kappa shape index (κ2) is 8.25. The van der Waals surface area contributed by atoms with Crippen molar-refractivity contribution in [2.45, 2.75) is 10.9 Å². The molecule has 0 spiro atoms. The van der Waals surface area contributed by atoms with Crippen LogP contribution in [0.4, 0.5) is 10.1 Å². The van der Waals surface area contributed by atoms with Gasteiger partial charge in [-0.2, -0.15) is 0 Å². The Hall–Kier alpha value is -2.50. The Kier molecular flexibility index (Phi) is 5.55. The molecule has 6 heteroatoms. The molecule has 0 saturated carbocycles. The Labute approximate surface area is 172 Å². The first-order valence-electron chi connectivity index (χ1n) is 8.80. The zero-order chi connectivity index (χ0) is 19.5. The lowest BCUT2D eigenvalue weighted by atomic mass is 10.1. The summed E-state index contributed by atoms with van der Waals surface area (Å²) < 4.78 is 18.9. The van der Waals surface area contributed by atoms with Crippen molar-refractivity contribution in [3.05, 3.63) is 89.2 Å². The molecule has 0 unspecified atom stereocenters. The fourth-order valence-corrected chi connectivity index (χ4v) is 4.54. The average Bonchev–Trinajstić information content (AvgIpc) is 2.74. The van der Waals surface area contributed by atoms with Crippen molar-refractivity contribution in [2.24, 2.45) is 0 Å². The zero-order valence-corrected chi connectivity index (χ0v) is 16.4.